The van der Waals surface area contributed by atoms with Crippen molar-refractivity contribution in [3.05, 3.63) is 12.3 Å². The molecule has 0 saturated heterocycles. The Bertz CT molecular complexity index is 115. The highest BCUT2D eigenvalue weighted by atomic mass is 35.8. The molecule has 0 fully saturated rings. The summed E-state index contributed by atoms with van der Waals surface area (Å²) in [5.41, 5.74) is -0.622. The van der Waals surface area contributed by atoms with E-state index in [1.165, 1.54) is 0 Å². The maximum atomic E-state index is 5.79. The Morgan fingerprint density at radius 1 is 1.22 bits per heavy atom. The molecule has 0 aliphatic heterocycles. The Kier molecular flexibility index (Phi) is 3.31. The molecule has 0 nitrogen and oxygen atoms in total. The number of hydrogen-bond acceptors (Lipinski definition) is 0. The van der Waals surface area contributed by atoms with Crippen LogP contribution in [0.15, 0.2) is 12.3 Å². The highest BCUT2D eigenvalue weighted by Crippen LogP contribution is 2.31. The number of halogens is 3. The average molecular weight is 220 g/mol. The molecule has 0 aromatic rings. The SMILES string of the molecule is C=C[Si](C)(C)[Si](Cl)(Cl)Cl. The summed E-state index contributed by atoms with van der Waals surface area (Å²) in [7, 11) is -1.68. The van der Waals surface area contributed by atoms with Gasteiger partial charge >= 0.3 is 5.52 Å². The molecule has 0 amide bonds. The molecule has 0 radical (unpaired) electrons. The highest BCUT2D eigenvalue weighted by molar-refractivity contribution is 7.89. The second-order valence-corrected chi connectivity index (χ2v) is 23.1. The Morgan fingerprint density at radius 3 is 1.56 bits per heavy atom. The molecule has 0 N–H and O–H groups in total. The van der Waals surface area contributed by atoms with Gasteiger partial charge in [0.2, 0.25) is 0 Å². The van der Waals surface area contributed by atoms with Crippen LogP contribution in [0.3, 0.4) is 0 Å². The van der Waals surface area contributed by atoms with Gasteiger partial charge in [0, 0.05) is 0 Å². The molecule has 0 heterocycles. The van der Waals surface area contributed by atoms with Crippen molar-refractivity contribution >= 4 is 46.3 Å². The molecule has 0 aromatic heterocycles. The zero-order valence-electron chi connectivity index (χ0n) is 5.42. The van der Waals surface area contributed by atoms with Crippen molar-refractivity contribution < 1.29 is 0 Å². The van der Waals surface area contributed by atoms with Gasteiger partial charge in [-0.1, -0.05) is 13.1 Å². The quantitative estimate of drug-likeness (QED) is 0.494. The summed E-state index contributed by atoms with van der Waals surface area (Å²) >= 11 is 17.4. The first-order chi connectivity index (χ1) is 3.81. The zero-order valence-corrected chi connectivity index (χ0v) is 9.69. The van der Waals surface area contributed by atoms with Crippen molar-refractivity contribution in [2.24, 2.45) is 0 Å². The maximum absolute atomic E-state index is 5.79. The van der Waals surface area contributed by atoms with E-state index in [-0.39, 0.29) is 0 Å². The van der Waals surface area contributed by atoms with Gasteiger partial charge in [-0.2, -0.15) is 0 Å². The van der Waals surface area contributed by atoms with Crippen molar-refractivity contribution in [2.45, 2.75) is 13.1 Å². The predicted molar refractivity (Wildman–Crippen MR) is 51.0 cm³/mol. The minimum atomic E-state index is -2.45. The summed E-state index contributed by atoms with van der Waals surface area (Å²) in [6, 6.07) is 0. The van der Waals surface area contributed by atoms with Crippen LogP contribution >= 0.6 is 33.2 Å². The van der Waals surface area contributed by atoms with E-state index < -0.39 is 13.1 Å². The van der Waals surface area contributed by atoms with Crippen LogP contribution < -0.4 is 0 Å². The van der Waals surface area contributed by atoms with Gasteiger partial charge in [0.05, 0.1) is 0 Å². The van der Waals surface area contributed by atoms with Crippen molar-refractivity contribution in [1.29, 1.82) is 0 Å². The van der Waals surface area contributed by atoms with Crippen molar-refractivity contribution in [1.82, 2.24) is 0 Å². The lowest BCUT2D eigenvalue weighted by Crippen LogP contribution is -2.45. The van der Waals surface area contributed by atoms with Gasteiger partial charge in [-0.15, -0.1) is 45.5 Å². The summed E-state index contributed by atoms with van der Waals surface area (Å²) in [5, 5.41) is 0. The van der Waals surface area contributed by atoms with Crippen LogP contribution in [0.2, 0.25) is 13.1 Å². The zero-order chi connectivity index (χ0) is 7.71. The molecule has 0 spiro atoms. The first-order valence-electron chi connectivity index (χ1n) is 2.51. The van der Waals surface area contributed by atoms with E-state index >= 15 is 0 Å². The Morgan fingerprint density at radius 2 is 1.56 bits per heavy atom. The Hall–Kier alpha value is 1.04. The van der Waals surface area contributed by atoms with Crippen LogP contribution in [0.4, 0.5) is 0 Å². The maximum Gasteiger partial charge on any atom is 0.328 e. The molecular formula is C4H9Cl3Si2. The van der Waals surface area contributed by atoms with E-state index in [0.717, 1.165) is 0 Å². The first-order valence-corrected chi connectivity index (χ1v) is 11.6. The lowest BCUT2D eigenvalue weighted by atomic mass is 11.3. The van der Waals surface area contributed by atoms with Crippen LogP contribution in [0.25, 0.3) is 0 Å². The van der Waals surface area contributed by atoms with Crippen molar-refractivity contribution in [3.63, 3.8) is 0 Å². The lowest BCUT2D eigenvalue weighted by molar-refractivity contribution is 1.95. The third-order valence-corrected chi connectivity index (χ3v) is 21.9. The normalized spacial score (nSPS) is 13.4. The monoisotopic (exact) mass is 218 g/mol. The Labute approximate surface area is 71.7 Å². The van der Waals surface area contributed by atoms with Crippen molar-refractivity contribution in [3.8, 4) is 0 Å². The second kappa shape index (κ2) is 2.97. The predicted octanol–water partition coefficient (Wildman–Crippen LogP) is 3.15. The highest BCUT2D eigenvalue weighted by Gasteiger charge is 2.43. The average Bonchev–Trinajstić information content (AvgIpc) is 1.64. The third kappa shape index (κ3) is 2.64. The van der Waals surface area contributed by atoms with E-state index in [1.807, 2.05) is 18.8 Å². The van der Waals surface area contributed by atoms with Gasteiger partial charge in [-0.25, -0.2) is 0 Å². The Balaban J connectivity index is 4.32. The smallest absolute Gasteiger partial charge is 0.129 e. The van der Waals surface area contributed by atoms with Gasteiger partial charge in [-0.05, 0) is 0 Å². The minimum Gasteiger partial charge on any atom is -0.129 e. The summed E-state index contributed by atoms with van der Waals surface area (Å²) in [6.45, 7) is 7.67. The molecule has 9 heavy (non-hydrogen) atoms. The summed E-state index contributed by atoms with van der Waals surface area (Å²) in [5.74, 6) is 0. The van der Waals surface area contributed by atoms with Crippen LogP contribution in [-0.2, 0) is 0 Å². The molecule has 0 unspecified atom stereocenters. The number of rotatable bonds is 2. The van der Waals surface area contributed by atoms with Gasteiger partial charge in [0.25, 0.3) is 0 Å². The fourth-order valence-electron chi connectivity index (χ4n) is 0.116. The standard InChI is InChI=1S/C4H9Cl3Si2/c1-4-8(2,3)9(5,6)7/h4H,1H2,2-3H3. The van der Waals surface area contributed by atoms with E-state index in [0.29, 0.717) is 0 Å². The fourth-order valence-corrected chi connectivity index (χ4v) is 3.12. The summed E-state index contributed by atoms with van der Waals surface area (Å²) in [4.78, 5) is 0. The molecule has 0 aliphatic rings. The largest absolute Gasteiger partial charge is 0.328 e. The van der Waals surface area contributed by atoms with E-state index in [9.17, 15) is 0 Å². The van der Waals surface area contributed by atoms with Gasteiger partial charge in [0.15, 0.2) is 0 Å². The van der Waals surface area contributed by atoms with Crippen LogP contribution in [-0.4, -0.2) is 13.1 Å². The molecule has 0 bridgehead atoms. The van der Waals surface area contributed by atoms with E-state index in [2.05, 4.69) is 6.58 Å². The van der Waals surface area contributed by atoms with Gasteiger partial charge < -0.3 is 0 Å². The fraction of sp³-hybridized carbons (Fsp3) is 0.500. The van der Waals surface area contributed by atoms with Crippen LogP contribution in [0.1, 0.15) is 0 Å². The molecule has 0 aliphatic carbocycles. The topological polar surface area (TPSA) is 0 Å². The number of hydrogen-bond donors (Lipinski definition) is 0. The molecule has 0 saturated carbocycles. The second-order valence-electron chi connectivity index (χ2n) is 2.42. The van der Waals surface area contributed by atoms with Crippen LogP contribution in [0, 0.1) is 0 Å². The van der Waals surface area contributed by atoms with Gasteiger partial charge in [-0.3, -0.25) is 0 Å². The van der Waals surface area contributed by atoms with Gasteiger partial charge in [0.1, 0.15) is 7.59 Å². The van der Waals surface area contributed by atoms with Crippen molar-refractivity contribution in [2.75, 3.05) is 0 Å². The molecule has 0 atom stereocenters. The first kappa shape index (κ1) is 10.0. The van der Waals surface area contributed by atoms with Crippen LogP contribution in [0.5, 0.6) is 0 Å². The van der Waals surface area contributed by atoms with E-state index in [4.69, 9.17) is 33.2 Å². The molecule has 54 valence electrons. The third-order valence-electron chi connectivity index (χ3n) is 1.24. The van der Waals surface area contributed by atoms with E-state index in [1.54, 1.807) is 0 Å². The lowest BCUT2D eigenvalue weighted by Gasteiger charge is -2.22. The minimum absolute atomic E-state index is 1.68. The molecular weight excluding hydrogens is 211 g/mol. The summed E-state index contributed by atoms with van der Waals surface area (Å²) in [6.07, 6.45) is 0. The molecule has 0 aromatic carbocycles. The molecule has 5 heteroatoms. The summed E-state index contributed by atoms with van der Waals surface area (Å²) < 4.78 is 0. The molecule has 0 rings (SSSR count).